The Hall–Kier alpha value is -3.23. The van der Waals surface area contributed by atoms with Crippen molar-refractivity contribution >= 4 is 23.2 Å². The van der Waals surface area contributed by atoms with Crippen molar-refractivity contribution in [1.29, 1.82) is 0 Å². The van der Waals surface area contributed by atoms with Gasteiger partial charge < -0.3 is 19.3 Å². The van der Waals surface area contributed by atoms with E-state index in [0.29, 0.717) is 31.0 Å². The van der Waals surface area contributed by atoms with Crippen LogP contribution in [0.3, 0.4) is 0 Å². The first-order valence-corrected chi connectivity index (χ1v) is 13.6. The summed E-state index contributed by atoms with van der Waals surface area (Å²) in [7, 11) is 0. The van der Waals surface area contributed by atoms with Crippen molar-refractivity contribution in [3.8, 4) is 5.75 Å². The zero-order valence-corrected chi connectivity index (χ0v) is 21.7. The number of thiophene rings is 1. The van der Waals surface area contributed by atoms with Crippen LogP contribution >= 0.6 is 11.3 Å². The highest BCUT2D eigenvalue weighted by Crippen LogP contribution is 2.34. The fraction of sp³-hybridized carbons (Fsp3) is 0.379. The van der Waals surface area contributed by atoms with Gasteiger partial charge in [-0.2, -0.15) is 0 Å². The number of hydrogen-bond acceptors (Lipinski definition) is 5. The Morgan fingerprint density at radius 1 is 1.14 bits per heavy atom. The fourth-order valence-electron chi connectivity index (χ4n) is 4.97. The maximum Gasteiger partial charge on any atom is 0.254 e. The third kappa shape index (κ3) is 6.02. The molecule has 6 nitrogen and oxygen atoms in total. The molecule has 1 saturated heterocycles. The van der Waals surface area contributed by atoms with Gasteiger partial charge in [0.25, 0.3) is 5.91 Å². The van der Waals surface area contributed by atoms with Gasteiger partial charge in [-0.25, -0.2) is 4.39 Å². The number of hydrogen-bond donors (Lipinski definition) is 0. The summed E-state index contributed by atoms with van der Waals surface area (Å²) in [6.07, 6.45) is 2.54. The van der Waals surface area contributed by atoms with E-state index >= 15 is 0 Å². The van der Waals surface area contributed by atoms with E-state index in [1.807, 2.05) is 47.5 Å². The molecule has 0 spiro atoms. The third-order valence-electron chi connectivity index (χ3n) is 7.00. The van der Waals surface area contributed by atoms with Gasteiger partial charge in [-0.05, 0) is 79.6 Å². The molecule has 0 radical (unpaired) electrons. The van der Waals surface area contributed by atoms with Gasteiger partial charge in [0.2, 0.25) is 5.91 Å². The topological polar surface area (TPSA) is 59.1 Å². The van der Waals surface area contributed by atoms with Crippen molar-refractivity contribution in [2.45, 2.75) is 38.3 Å². The summed E-state index contributed by atoms with van der Waals surface area (Å²) < 4.78 is 25.1. The maximum absolute atomic E-state index is 13.8. The van der Waals surface area contributed by atoms with Gasteiger partial charge in [0.15, 0.2) is 0 Å². The van der Waals surface area contributed by atoms with Crippen LogP contribution in [0, 0.1) is 12.7 Å². The molecular formula is C29H31FN2O4S. The van der Waals surface area contributed by atoms with Gasteiger partial charge in [-0.15, -0.1) is 11.3 Å². The quantitative estimate of drug-likeness (QED) is 0.417. The lowest BCUT2D eigenvalue weighted by Crippen LogP contribution is -2.49. The second kappa shape index (κ2) is 11.4. The molecule has 2 aliphatic heterocycles. The summed E-state index contributed by atoms with van der Waals surface area (Å²) in [6.45, 7) is 3.81. The molecule has 0 aliphatic carbocycles. The summed E-state index contributed by atoms with van der Waals surface area (Å²) in [5.74, 6) is -0.0727. The average Bonchev–Trinajstić information content (AvgIpc) is 3.60. The van der Waals surface area contributed by atoms with Gasteiger partial charge in [-0.3, -0.25) is 9.59 Å². The van der Waals surface area contributed by atoms with Crippen LogP contribution in [-0.2, 0) is 16.0 Å². The minimum Gasteiger partial charge on any atom is -0.491 e. The smallest absolute Gasteiger partial charge is 0.254 e. The van der Waals surface area contributed by atoms with Crippen LogP contribution in [-0.4, -0.2) is 60.6 Å². The number of carbonyl (C=O) groups excluding carboxylic acids is 2. The monoisotopic (exact) mass is 522 g/mol. The predicted molar refractivity (Wildman–Crippen MR) is 140 cm³/mol. The lowest BCUT2D eigenvalue weighted by Gasteiger charge is -2.37. The first-order valence-electron chi connectivity index (χ1n) is 12.7. The summed E-state index contributed by atoms with van der Waals surface area (Å²) in [4.78, 5) is 31.9. The Labute approximate surface area is 220 Å². The Morgan fingerprint density at radius 2 is 1.92 bits per heavy atom. The molecule has 3 aromatic rings. The molecule has 2 amide bonds. The summed E-state index contributed by atoms with van der Waals surface area (Å²) in [5, 5.41) is 2.04. The number of aryl methyl sites for hydroxylation is 1. The van der Waals surface area contributed by atoms with Crippen molar-refractivity contribution < 1.29 is 23.5 Å². The van der Waals surface area contributed by atoms with E-state index in [1.54, 1.807) is 28.4 Å². The normalized spacial score (nSPS) is 18.9. The number of halogens is 1. The van der Waals surface area contributed by atoms with Crippen LogP contribution in [0.15, 0.2) is 60.0 Å². The molecule has 8 heteroatoms. The van der Waals surface area contributed by atoms with E-state index in [2.05, 4.69) is 0 Å². The summed E-state index contributed by atoms with van der Waals surface area (Å²) in [5.41, 5.74) is 2.70. The lowest BCUT2D eigenvalue weighted by molar-refractivity contribution is -0.135. The van der Waals surface area contributed by atoms with Crippen LogP contribution in [0.5, 0.6) is 5.75 Å². The number of carbonyl (C=O) groups is 2. The summed E-state index contributed by atoms with van der Waals surface area (Å²) >= 11 is 1.68. The van der Waals surface area contributed by atoms with Crippen molar-refractivity contribution in [2.75, 3.05) is 32.8 Å². The molecule has 194 valence electrons. The second-order valence-corrected chi connectivity index (χ2v) is 10.6. The number of benzene rings is 2. The molecule has 5 rings (SSSR count). The molecule has 37 heavy (non-hydrogen) atoms. The number of rotatable bonds is 8. The van der Waals surface area contributed by atoms with E-state index in [9.17, 15) is 14.0 Å². The minimum absolute atomic E-state index is 0.0287. The maximum atomic E-state index is 13.8. The van der Waals surface area contributed by atoms with E-state index in [0.717, 1.165) is 30.4 Å². The first kappa shape index (κ1) is 25.4. The fourth-order valence-corrected chi connectivity index (χ4v) is 5.90. The van der Waals surface area contributed by atoms with E-state index in [1.165, 1.54) is 17.0 Å². The predicted octanol–water partition coefficient (Wildman–Crippen LogP) is 5.02. The van der Waals surface area contributed by atoms with Gasteiger partial charge in [-0.1, -0.05) is 17.7 Å². The highest BCUT2D eigenvalue weighted by atomic mass is 32.1. The van der Waals surface area contributed by atoms with E-state index in [-0.39, 0.29) is 42.9 Å². The second-order valence-electron chi connectivity index (χ2n) is 9.60. The zero-order valence-electron chi connectivity index (χ0n) is 20.9. The largest absolute Gasteiger partial charge is 0.491 e. The number of fused-ring (bicyclic) bond motifs is 1. The molecular weight excluding hydrogens is 491 g/mol. The van der Waals surface area contributed by atoms with Crippen LogP contribution in [0.2, 0.25) is 0 Å². The molecule has 2 atom stereocenters. The third-order valence-corrected chi connectivity index (χ3v) is 7.99. The molecule has 2 aliphatic rings. The Balaban J connectivity index is 1.34. The number of amides is 2. The standard InChI is InChI=1S/C29H31FN2O4S/c1-20-4-6-21(7-5-20)29(34)31(17-24-3-2-15-35-24)18-28(33)32-14-12-27-25(13-16-37-27)26(32)19-36-23-10-8-22(30)9-11-23/h4-11,13,16,24,26H,2-3,12,14-15,17-19H2,1H3/t24-,26+/m1/s1. The molecule has 2 aromatic carbocycles. The highest BCUT2D eigenvalue weighted by Gasteiger charge is 2.34. The molecule has 0 bridgehead atoms. The molecule has 0 N–H and O–H groups in total. The Bertz CT molecular complexity index is 1220. The molecule has 1 fully saturated rings. The minimum atomic E-state index is -0.327. The lowest BCUT2D eigenvalue weighted by atomic mass is 10.00. The van der Waals surface area contributed by atoms with Crippen LogP contribution in [0.4, 0.5) is 4.39 Å². The van der Waals surface area contributed by atoms with Crippen molar-refractivity contribution in [2.24, 2.45) is 0 Å². The van der Waals surface area contributed by atoms with Gasteiger partial charge in [0.1, 0.15) is 24.7 Å². The van der Waals surface area contributed by atoms with Gasteiger partial charge in [0, 0.05) is 30.1 Å². The Kier molecular flexibility index (Phi) is 7.86. The first-order chi connectivity index (χ1) is 18.0. The summed E-state index contributed by atoms with van der Waals surface area (Å²) in [6, 6.07) is 15.1. The van der Waals surface area contributed by atoms with Crippen molar-refractivity contribution in [1.82, 2.24) is 9.80 Å². The van der Waals surface area contributed by atoms with Crippen LogP contribution in [0.1, 0.15) is 45.2 Å². The SMILES string of the molecule is Cc1ccc(C(=O)N(CC(=O)N2CCc3sccc3[C@@H]2COc2ccc(F)cc2)C[C@H]2CCCO2)cc1. The van der Waals surface area contributed by atoms with Crippen molar-refractivity contribution in [3.05, 3.63) is 87.4 Å². The van der Waals surface area contributed by atoms with Crippen molar-refractivity contribution in [3.63, 3.8) is 0 Å². The Morgan fingerprint density at radius 3 is 2.65 bits per heavy atom. The van der Waals surface area contributed by atoms with Gasteiger partial charge >= 0.3 is 0 Å². The van der Waals surface area contributed by atoms with Crippen LogP contribution < -0.4 is 4.74 Å². The average molecular weight is 523 g/mol. The molecule has 0 unspecified atom stereocenters. The van der Waals surface area contributed by atoms with Gasteiger partial charge in [0.05, 0.1) is 12.1 Å². The molecule has 0 saturated carbocycles. The van der Waals surface area contributed by atoms with E-state index < -0.39 is 0 Å². The number of nitrogens with zero attached hydrogens (tertiary/aromatic N) is 2. The molecule has 1 aromatic heterocycles. The zero-order chi connectivity index (χ0) is 25.8. The molecule has 3 heterocycles. The van der Waals surface area contributed by atoms with Crippen LogP contribution in [0.25, 0.3) is 0 Å². The van der Waals surface area contributed by atoms with E-state index in [4.69, 9.17) is 9.47 Å². The number of ether oxygens (including phenoxy) is 2. The highest BCUT2D eigenvalue weighted by molar-refractivity contribution is 7.10.